The Kier molecular flexibility index (Phi) is 8.27. The lowest BCUT2D eigenvalue weighted by Crippen LogP contribution is -2.39. The van der Waals surface area contributed by atoms with Crippen LogP contribution in [0.3, 0.4) is 0 Å². The predicted octanol–water partition coefficient (Wildman–Crippen LogP) is 4.11. The van der Waals surface area contributed by atoms with Gasteiger partial charge in [-0.15, -0.1) is 0 Å². The molecule has 0 aliphatic carbocycles. The highest BCUT2D eigenvalue weighted by atomic mass is 32.2. The Balaban J connectivity index is 0.00000400. The van der Waals surface area contributed by atoms with Crippen molar-refractivity contribution >= 4 is 26.8 Å². The molecule has 1 atom stereocenters. The molecule has 1 aromatic heterocycles. The molecular formula is C28H33N3O5S. The van der Waals surface area contributed by atoms with Crippen LogP contribution in [0.5, 0.6) is 5.75 Å². The number of aliphatic hydroxyl groups is 1. The van der Waals surface area contributed by atoms with Gasteiger partial charge in [0, 0.05) is 18.5 Å². The smallest absolute Gasteiger partial charge is 0.255 e. The number of aliphatic hydroxyl groups excluding tert-OH is 1. The summed E-state index contributed by atoms with van der Waals surface area (Å²) in [5, 5.41) is 14.0. The first-order valence-electron chi connectivity index (χ1n) is 12.1. The lowest BCUT2D eigenvalue weighted by atomic mass is 10.0. The van der Waals surface area contributed by atoms with Crippen LogP contribution in [0.1, 0.15) is 30.7 Å². The first kappa shape index (κ1) is 26.4. The van der Waals surface area contributed by atoms with Gasteiger partial charge in [-0.25, -0.2) is 13.1 Å². The Morgan fingerprint density at radius 3 is 2.62 bits per heavy atom. The number of nitrogens with one attached hydrogen (secondary N) is 3. The molecular weight excluding hydrogens is 490 g/mol. The van der Waals surface area contributed by atoms with Gasteiger partial charge in [0.2, 0.25) is 10.0 Å². The Labute approximate surface area is 218 Å². The second-order valence-electron chi connectivity index (χ2n) is 8.71. The molecule has 0 unspecified atom stereocenters. The lowest BCUT2D eigenvalue weighted by molar-refractivity contribution is 0.0912. The highest BCUT2D eigenvalue weighted by Gasteiger charge is 2.20. The average Bonchev–Trinajstić information content (AvgIpc) is 3.34. The number of amides is 1. The second-order valence-corrected chi connectivity index (χ2v) is 10.6. The fraction of sp³-hybridized carbons (Fsp3) is 0.250. The second kappa shape index (κ2) is 11.6. The van der Waals surface area contributed by atoms with E-state index in [1.165, 1.54) is 13.1 Å². The summed E-state index contributed by atoms with van der Waals surface area (Å²) in [6.45, 7) is 2.18. The molecule has 1 heterocycles. The molecule has 4 aromatic rings. The molecule has 4 N–H and O–H groups in total. The summed E-state index contributed by atoms with van der Waals surface area (Å²) in [5.74, 6) is 0.0386. The fourth-order valence-electron chi connectivity index (χ4n) is 4.18. The Morgan fingerprint density at radius 2 is 1.86 bits per heavy atom. The number of carbonyl (C=O) groups excluding carboxylic acids is 1. The molecule has 8 nitrogen and oxygen atoms in total. The van der Waals surface area contributed by atoms with Crippen LogP contribution in [0.25, 0.3) is 22.0 Å². The molecule has 0 saturated carbocycles. The number of ether oxygens (including phenoxy) is 1. The highest BCUT2D eigenvalue weighted by molar-refractivity contribution is 7.89. The van der Waals surface area contributed by atoms with Crippen molar-refractivity contribution in [3.05, 3.63) is 84.1 Å². The molecule has 0 spiro atoms. The summed E-state index contributed by atoms with van der Waals surface area (Å²) >= 11 is 0. The zero-order chi connectivity index (χ0) is 26.4. The summed E-state index contributed by atoms with van der Waals surface area (Å²) in [5.41, 5.74) is 3.61. The van der Waals surface area contributed by atoms with Gasteiger partial charge in [0.25, 0.3) is 5.91 Å². The van der Waals surface area contributed by atoms with Gasteiger partial charge in [-0.3, -0.25) is 4.79 Å². The van der Waals surface area contributed by atoms with E-state index in [1.54, 1.807) is 36.4 Å². The fourth-order valence-corrected chi connectivity index (χ4v) is 4.95. The van der Waals surface area contributed by atoms with Gasteiger partial charge in [-0.2, -0.15) is 0 Å². The van der Waals surface area contributed by atoms with E-state index in [2.05, 4.69) is 15.0 Å². The maximum atomic E-state index is 13.4. The van der Waals surface area contributed by atoms with Gasteiger partial charge in [0.15, 0.2) is 0 Å². The third-order valence-electron chi connectivity index (χ3n) is 6.13. The van der Waals surface area contributed by atoms with E-state index in [0.29, 0.717) is 35.5 Å². The first-order valence-corrected chi connectivity index (χ1v) is 13.6. The van der Waals surface area contributed by atoms with Crippen LogP contribution in [0.4, 0.5) is 0 Å². The first-order chi connectivity index (χ1) is 17.9. The van der Waals surface area contributed by atoms with Gasteiger partial charge in [0.1, 0.15) is 5.75 Å². The maximum Gasteiger partial charge on any atom is 0.255 e. The van der Waals surface area contributed by atoms with Crippen LogP contribution in [0.15, 0.2) is 77.8 Å². The predicted molar refractivity (Wildman–Crippen MR) is 146 cm³/mol. The molecule has 0 aliphatic rings. The Bertz CT molecular complexity index is 1500. The van der Waals surface area contributed by atoms with Gasteiger partial charge in [-0.1, -0.05) is 43.3 Å². The molecule has 196 valence electrons. The van der Waals surface area contributed by atoms with Crippen molar-refractivity contribution in [1.29, 1.82) is 0 Å². The number of aromatic nitrogens is 1. The molecule has 1 amide bonds. The highest BCUT2D eigenvalue weighted by Crippen LogP contribution is 2.29. The minimum Gasteiger partial charge on any atom is -0.493 e. The number of aromatic amines is 1. The van der Waals surface area contributed by atoms with Crippen molar-refractivity contribution in [1.82, 2.24) is 15.0 Å². The van der Waals surface area contributed by atoms with Crippen molar-refractivity contribution in [3.63, 3.8) is 0 Å². The molecule has 4 rings (SSSR count). The number of benzene rings is 3. The molecule has 0 fully saturated rings. The van der Waals surface area contributed by atoms with Crippen molar-refractivity contribution in [2.24, 2.45) is 0 Å². The number of H-pyrrole nitrogens is 1. The zero-order valence-corrected chi connectivity index (χ0v) is 21.6. The third-order valence-corrected chi connectivity index (χ3v) is 7.54. The Hall–Kier alpha value is -3.66. The number of rotatable bonds is 11. The number of hydrogen-bond donors (Lipinski definition) is 4. The van der Waals surface area contributed by atoms with E-state index in [0.717, 1.165) is 22.9 Å². The summed E-state index contributed by atoms with van der Waals surface area (Å²) in [6, 6.07) is 19.1. The van der Waals surface area contributed by atoms with Crippen LogP contribution in [-0.4, -0.2) is 50.7 Å². The summed E-state index contributed by atoms with van der Waals surface area (Å²) in [6.07, 6.45) is 3.11. The molecule has 0 saturated heterocycles. The van der Waals surface area contributed by atoms with Crippen molar-refractivity contribution in [2.45, 2.75) is 30.7 Å². The maximum absolute atomic E-state index is 13.4. The van der Waals surface area contributed by atoms with Crippen LogP contribution in [0, 0.1) is 0 Å². The van der Waals surface area contributed by atoms with Crippen molar-refractivity contribution in [3.8, 4) is 16.9 Å². The van der Waals surface area contributed by atoms with Gasteiger partial charge < -0.3 is 20.1 Å². The topological polar surface area (TPSA) is 121 Å². The third kappa shape index (κ3) is 6.02. The molecule has 0 bridgehead atoms. The van der Waals surface area contributed by atoms with E-state index >= 15 is 0 Å². The molecule has 3 aromatic carbocycles. The van der Waals surface area contributed by atoms with Crippen LogP contribution < -0.4 is 14.8 Å². The van der Waals surface area contributed by atoms with Crippen LogP contribution in [-0.2, 0) is 16.4 Å². The lowest BCUT2D eigenvalue weighted by Gasteiger charge is -2.18. The molecule has 37 heavy (non-hydrogen) atoms. The standard InChI is InChI=1S/C28H31N3O5S.H2/c1-3-13-36-27-12-11-20(19-7-6-8-23(15-19)37(34,35)29-2)16-25(27)28(33)31-22(18-32)14-21-17-30-26-10-5-4-9-24(21)26;/h4-12,15-17,22,29-30,32H,3,13-14,18H2,1-2H3,(H,31,33);1H/t22-;/m0./s1. The van der Waals surface area contributed by atoms with E-state index in [-0.39, 0.29) is 18.8 Å². The quantitative estimate of drug-likeness (QED) is 0.236. The monoisotopic (exact) mass is 523 g/mol. The average molecular weight is 524 g/mol. The SMILES string of the molecule is CCCOc1ccc(-c2cccc(S(=O)(=O)NC)c2)cc1C(=O)N[C@H](CO)Cc1c[nH]c2ccccc12.[HH]. The van der Waals surface area contributed by atoms with Gasteiger partial charge in [-0.05, 0) is 66.9 Å². The summed E-state index contributed by atoms with van der Waals surface area (Å²) < 4.78 is 32.7. The van der Waals surface area contributed by atoms with Crippen molar-refractivity contribution < 1.29 is 24.5 Å². The number of sulfonamides is 1. The van der Waals surface area contributed by atoms with Crippen LogP contribution >= 0.6 is 0 Å². The van der Waals surface area contributed by atoms with E-state index in [9.17, 15) is 18.3 Å². The molecule has 0 aliphatic heterocycles. The molecule has 0 radical (unpaired) electrons. The van der Waals surface area contributed by atoms with E-state index < -0.39 is 16.1 Å². The number of hydrogen-bond acceptors (Lipinski definition) is 5. The number of carbonyl (C=O) groups is 1. The number of para-hydroxylation sites is 1. The van der Waals surface area contributed by atoms with Crippen LogP contribution in [0.2, 0.25) is 0 Å². The number of fused-ring (bicyclic) bond motifs is 1. The Morgan fingerprint density at radius 1 is 1.08 bits per heavy atom. The van der Waals surface area contributed by atoms with Gasteiger partial charge >= 0.3 is 0 Å². The largest absolute Gasteiger partial charge is 0.493 e. The summed E-state index contributed by atoms with van der Waals surface area (Å²) in [7, 11) is -2.26. The minimum atomic E-state index is -3.62. The van der Waals surface area contributed by atoms with E-state index in [4.69, 9.17) is 4.74 Å². The van der Waals surface area contributed by atoms with Gasteiger partial charge in [0.05, 0.1) is 29.7 Å². The van der Waals surface area contributed by atoms with E-state index in [1.807, 2.05) is 37.4 Å². The molecule has 9 heteroatoms. The summed E-state index contributed by atoms with van der Waals surface area (Å²) in [4.78, 5) is 16.8. The minimum absolute atomic E-state index is 0. The normalized spacial score (nSPS) is 12.4. The zero-order valence-electron chi connectivity index (χ0n) is 20.8. The van der Waals surface area contributed by atoms with Crippen molar-refractivity contribution in [2.75, 3.05) is 20.3 Å².